The fraction of sp³-hybridized carbons (Fsp3) is 0.240. The van der Waals surface area contributed by atoms with Gasteiger partial charge in [-0.1, -0.05) is 31.2 Å². The quantitative estimate of drug-likeness (QED) is 0.352. The number of benzene rings is 2. The molecule has 0 bridgehead atoms. The molecule has 2 aromatic carbocycles. The number of rotatable bonds is 7. The zero-order chi connectivity index (χ0) is 23.4. The Balaban J connectivity index is 1.76. The predicted octanol–water partition coefficient (Wildman–Crippen LogP) is 5.66. The van der Waals surface area contributed by atoms with E-state index in [1.54, 1.807) is 19.9 Å². The van der Waals surface area contributed by atoms with Gasteiger partial charge in [-0.25, -0.2) is 13.8 Å². The van der Waals surface area contributed by atoms with E-state index in [-0.39, 0.29) is 41.3 Å². The van der Waals surface area contributed by atoms with E-state index in [0.717, 1.165) is 11.6 Å². The monoisotopic (exact) mass is 440 g/mol. The molecule has 0 spiro atoms. The Hall–Kier alpha value is -3.48. The van der Waals surface area contributed by atoms with Gasteiger partial charge in [-0.15, -0.1) is 0 Å². The number of amides is 1. The number of ketones is 1. The zero-order valence-electron chi connectivity index (χ0n) is 18.1. The van der Waals surface area contributed by atoms with E-state index >= 15 is 0 Å². The molecule has 0 aliphatic rings. The fourth-order valence-corrected chi connectivity index (χ4v) is 3.46. The summed E-state index contributed by atoms with van der Waals surface area (Å²) < 4.78 is 42.4. The molecular formula is C25H23F3N2O2. The van der Waals surface area contributed by atoms with E-state index in [4.69, 9.17) is 0 Å². The standard InChI is InChI=1S/C25H23F3N2O2/c1-4-25(32)30(3)22-10-6-17(13-21(22)27)19-9-5-18(14-20(19)26)23(31)11-7-16-8-12-24(28)29-15(16)2/h5-6,8-10,12-14H,4,7,11H2,1-3H3. The van der Waals surface area contributed by atoms with Gasteiger partial charge in [-0.05, 0) is 48.7 Å². The van der Waals surface area contributed by atoms with Gasteiger partial charge in [0, 0.05) is 36.7 Å². The Bertz CT molecular complexity index is 1180. The number of anilines is 1. The van der Waals surface area contributed by atoms with E-state index in [0.29, 0.717) is 17.7 Å². The summed E-state index contributed by atoms with van der Waals surface area (Å²) in [5, 5.41) is 0. The van der Waals surface area contributed by atoms with Gasteiger partial charge < -0.3 is 4.90 Å². The molecule has 4 nitrogen and oxygen atoms in total. The molecule has 1 amide bonds. The summed E-state index contributed by atoms with van der Waals surface area (Å²) in [5.74, 6) is -2.38. The number of aryl methyl sites for hydroxylation is 2. The smallest absolute Gasteiger partial charge is 0.226 e. The molecule has 0 atom stereocenters. The number of nitrogens with zero attached hydrogens (tertiary/aromatic N) is 2. The first-order valence-corrected chi connectivity index (χ1v) is 10.2. The van der Waals surface area contributed by atoms with Gasteiger partial charge >= 0.3 is 0 Å². The van der Waals surface area contributed by atoms with E-state index < -0.39 is 17.6 Å². The average Bonchev–Trinajstić information content (AvgIpc) is 2.77. The van der Waals surface area contributed by atoms with Gasteiger partial charge in [0.05, 0.1) is 5.69 Å². The highest BCUT2D eigenvalue weighted by atomic mass is 19.1. The van der Waals surface area contributed by atoms with E-state index in [1.807, 2.05) is 0 Å². The number of halogens is 3. The average molecular weight is 440 g/mol. The molecule has 166 valence electrons. The molecule has 7 heteroatoms. The first-order valence-electron chi connectivity index (χ1n) is 10.2. The molecule has 0 aliphatic heterocycles. The Kier molecular flexibility index (Phi) is 7.08. The number of carbonyl (C=O) groups excluding carboxylic acids is 2. The summed E-state index contributed by atoms with van der Waals surface area (Å²) in [4.78, 5) is 29.3. The lowest BCUT2D eigenvalue weighted by Gasteiger charge is -2.18. The van der Waals surface area contributed by atoms with Crippen LogP contribution < -0.4 is 4.90 Å². The number of Topliss-reactive ketones (excluding diaryl/α,β-unsaturated/α-hetero) is 1. The zero-order valence-corrected chi connectivity index (χ0v) is 18.1. The lowest BCUT2D eigenvalue weighted by atomic mass is 9.98. The number of aromatic nitrogens is 1. The van der Waals surface area contributed by atoms with Crippen molar-refractivity contribution in [2.24, 2.45) is 0 Å². The van der Waals surface area contributed by atoms with Gasteiger partial charge in [0.25, 0.3) is 0 Å². The highest BCUT2D eigenvalue weighted by Crippen LogP contribution is 2.29. The predicted molar refractivity (Wildman–Crippen MR) is 117 cm³/mol. The molecule has 0 fully saturated rings. The van der Waals surface area contributed by atoms with Crippen molar-refractivity contribution < 1.29 is 22.8 Å². The Morgan fingerprint density at radius 3 is 2.34 bits per heavy atom. The van der Waals surface area contributed by atoms with Crippen molar-refractivity contribution in [2.75, 3.05) is 11.9 Å². The lowest BCUT2D eigenvalue weighted by Crippen LogP contribution is -2.25. The van der Waals surface area contributed by atoms with Crippen molar-refractivity contribution in [3.05, 3.63) is 82.9 Å². The van der Waals surface area contributed by atoms with Gasteiger partial charge in [0.1, 0.15) is 11.6 Å². The Labute approximate surface area is 184 Å². The third-order valence-corrected chi connectivity index (χ3v) is 5.37. The van der Waals surface area contributed by atoms with Crippen molar-refractivity contribution in [3.63, 3.8) is 0 Å². The molecular weight excluding hydrogens is 417 g/mol. The SMILES string of the molecule is CCC(=O)N(C)c1ccc(-c2ccc(C(=O)CCc3ccc(F)nc3C)cc2F)cc1F. The van der Waals surface area contributed by atoms with Crippen LogP contribution in [0.1, 0.15) is 41.4 Å². The molecule has 3 aromatic rings. The van der Waals surface area contributed by atoms with Crippen LogP contribution in [0.5, 0.6) is 0 Å². The van der Waals surface area contributed by atoms with Crippen LogP contribution in [0.25, 0.3) is 11.1 Å². The second kappa shape index (κ2) is 9.77. The summed E-state index contributed by atoms with van der Waals surface area (Å²) in [6.45, 7) is 3.35. The first-order chi connectivity index (χ1) is 15.2. The van der Waals surface area contributed by atoms with Crippen LogP contribution in [-0.2, 0) is 11.2 Å². The molecule has 0 N–H and O–H groups in total. The maximum atomic E-state index is 14.8. The molecule has 3 rings (SSSR count). The summed E-state index contributed by atoms with van der Waals surface area (Å²) in [6, 6.07) is 11.0. The largest absolute Gasteiger partial charge is 0.313 e. The van der Waals surface area contributed by atoms with Gasteiger partial charge in [-0.2, -0.15) is 4.39 Å². The molecule has 0 saturated heterocycles. The van der Waals surface area contributed by atoms with Crippen LogP contribution in [0.15, 0.2) is 48.5 Å². The summed E-state index contributed by atoms with van der Waals surface area (Å²) in [5.41, 5.74) is 2.01. The highest BCUT2D eigenvalue weighted by Gasteiger charge is 2.16. The fourth-order valence-electron chi connectivity index (χ4n) is 3.46. The Morgan fingerprint density at radius 1 is 0.969 bits per heavy atom. The van der Waals surface area contributed by atoms with E-state index in [2.05, 4.69) is 4.98 Å². The van der Waals surface area contributed by atoms with Crippen LogP contribution >= 0.6 is 0 Å². The second-order valence-electron chi connectivity index (χ2n) is 7.47. The molecule has 32 heavy (non-hydrogen) atoms. The minimum atomic E-state index is -0.652. The number of carbonyl (C=O) groups is 2. The number of hydrogen-bond donors (Lipinski definition) is 0. The molecule has 0 unspecified atom stereocenters. The van der Waals surface area contributed by atoms with Crippen LogP contribution in [0.3, 0.4) is 0 Å². The molecule has 0 saturated carbocycles. The number of hydrogen-bond acceptors (Lipinski definition) is 3. The molecule has 1 heterocycles. The topological polar surface area (TPSA) is 50.3 Å². The minimum absolute atomic E-state index is 0.110. The van der Waals surface area contributed by atoms with E-state index in [1.165, 1.54) is 48.3 Å². The van der Waals surface area contributed by atoms with Crippen molar-refractivity contribution in [1.29, 1.82) is 0 Å². The third kappa shape index (κ3) is 5.04. The van der Waals surface area contributed by atoms with Crippen molar-refractivity contribution >= 4 is 17.4 Å². The Morgan fingerprint density at radius 2 is 1.72 bits per heavy atom. The van der Waals surface area contributed by atoms with E-state index in [9.17, 15) is 22.8 Å². The van der Waals surface area contributed by atoms with Gasteiger partial charge in [0.2, 0.25) is 11.9 Å². The summed E-state index contributed by atoms with van der Waals surface area (Å²) >= 11 is 0. The van der Waals surface area contributed by atoms with Crippen LogP contribution in [-0.4, -0.2) is 23.7 Å². The third-order valence-electron chi connectivity index (χ3n) is 5.37. The lowest BCUT2D eigenvalue weighted by molar-refractivity contribution is -0.118. The summed E-state index contributed by atoms with van der Waals surface area (Å²) in [7, 11) is 1.48. The second-order valence-corrected chi connectivity index (χ2v) is 7.47. The van der Waals surface area contributed by atoms with Crippen molar-refractivity contribution in [1.82, 2.24) is 4.98 Å². The van der Waals surface area contributed by atoms with Crippen LogP contribution in [0, 0.1) is 24.5 Å². The minimum Gasteiger partial charge on any atom is -0.313 e. The highest BCUT2D eigenvalue weighted by molar-refractivity contribution is 5.97. The summed E-state index contributed by atoms with van der Waals surface area (Å²) in [6.07, 6.45) is 0.713. The maximum Gasteiger partial charge on any atom is 0.226 e. The van der Waals surface area contributed by atoms with Gasteiger partial charge in [0.15, 0.2) is 5.78 Å². The van der Waals surface area contributed by atoms with Crippen molar-refractivity contribution in [3.8, 4) is 11.1 Å². The first kappa shape index (κ1) is 23.2. The normalized spacial score (nSPS) is 10.8. The van der Waals surface area contributed by atoms with Crippen LogP contribution in [0.4, 0.5) is 18.9 Å². The molecule has 0 radical (unpaired) electrons. The van der Waals surface area contributed by atoms with Gasteiger partial charge in [-0.3, -0.25) is 9.59 Å². The number of pyridine rings is 1. The molecule has 0 aliphatic carbocycles. The maximum absolute atomic E-state index is 14.8. The molecule has 1 aromatic heterocycles. The van der Waals surface area contributed by atoms with Crippen molar-refractivity contribution in [2.45, 2.75) is 33.1 Å². The van der Waals surface area contributed by atoms with Crippen LogP contribution in [0.2, 0.25) is 0 Å².